The minimum atomic E-state index is -0.388. The normalized spacial score (nSPS) is 11.2. The Hall–Kier alpha value is -2.93. The second-order valence-electron chi connectivity index (χ2n) is 5.94. The molecule has 6 nitrogen and oxygen atoms in total. The van der Waals surface area contributed by atoms with E-state index in [2.05, 4.69) is 10.3 Å². The van der Waals surface area contributed by atoms with E-state index >= 15 is 0 Å². The second kappa shape index (κ2) is 7.13. The van der Waals surface area contributed by atoms with Gasteiger partial charge in [-0.15, -0.1) is 11.3 Å². The molecule has 26 heavy (non-hydrogen) atoms. The number of amides is 1. The number of oxazole rings is 1. The van der Waals surface area contributed by atoms with Crippen molar-refractivity contribution < 1.29 is 9.21 Å². The zero-order chi connectivity index (χ0) is 17.9. The number of aryl methyl sites for hydroxylation is 1. The molecule has 7 heteroatoms. The molecule has 0 aliphatic rings. The van der Waals surface area contributed by atoms with Crippen LogP contribution in [0.1, 0.15) is 17.8 Å². The highest BCUT2D eigenvalue weighted by atomic mass is 32.1. The van der Waals surface area contributed by atoms with Crippen molar-refractivity contribution in [3.05, 3.63) is 64.1 Å². The minimum Gasteiger partial charge on any atom is -0.408 e. The van der Waals surface area contributed by atoms with Crippen molar-refractivity contribution in [3.8, 4) is 0 Å². The lowest BCUT2D eigenvalue weighted by Gasteiger charge is -2.04. The van der Waals surface area contributed by atoms with Crippen LogP contribution in [0.4, 0.5) is 0 Å². The Kier molecular flexibility index (Phi) is 4.53. The third-order valence-corrected chi connectivity index (χ3v) is 5.17. The summed E-state index contributed by atoms with van der Waals surface area (Å²) in [7, 11) is 0. The lowest BCUT2D eigenvalue weighted by atomic mass is 10.2. The first-order valence-corrected chi connectivity index (χ1v) is 9.22. The zero-order valence-electron chi connectivity index (χ0n) is 14.0. The monoisotopic (exact) mass is 367 g/mol. The highest BCUT2D eigenvalue weighted by Gasteiger charge is 2.10. The number of thiazole rings is 1. The summed E-state index contributed by atoms with van der Waals surface area (Å²) in [4.78, 5) is 28.5. The molecule has 0 spiro atoms. The fourth-order valence-corrected chi connectivity index (χ4v) is 3.79. The van der Waals surface area contributed by atoms with Gasteiger partial charge in [0.2, 0.25) is 5.91 Å². The van der Waals surface area contributed by atoms with Crippen LogP contribution in [0.15, 0.2) is 57.7 Å². The lowest BCUT2D eigenvalue weighted by Crippen LogP contribution is -2.23. The molecule has 0 fully saturated rings. The summed E-state index contributed by atoms with van der Waals surface area (Å²) in [6.45, 7) is 0.872. The fraction of sp³-hybridized carbons (Fsp3) is 0.211. The summed E-state index contributed by atoms with van der Waals surface area (Å²) in [5.74, 6) is -0.439. The summed E-state index contributed by atoms with van der Waals surface area (Å²) in [5, 5.41) is 3.78. The van der Waals surface area contributed by atoms with Crippen LogP contribution in [0, 0.1) is 0 Å². The van der Waals surface area contributed by atoms with Crippen LogP contribution in [0.2, 0.25) is 0 Å². The minimum absolute atomic E-state index is 0.0508. The van der Waals surface area contributed by atoms with Gasteiger partial charge in [-0.25, -0.2) is 9.78 Å². The van der Waals surface area contributed by atoms with Crippen molar-refractivity contribution in [2.75, 3.05) is 0 Å². The number of carbonyl (C=O) groups excluding carboxylic acids is 1. The Morgan fingerprint density at radius 2 is 1.96 bits per heavy atom. The molecule has 0 unspecified atom stereocenters. The molecular formula is C19H17N3O3S. The van der Waals surface area contributed by atoms with Gasteiger partial charge in [0.25, 0.3) is 0 Å². The van der Waals surface area contributed by atoms with Gasteiger partial charge < -0.3 is 9.73 Å². The molecular weight excluding hydrogens is 350 g/mol. The van der Waals surface area contributed by atoms with Crippen LogP contribution in [0.25, 0.3) is 21.3 Å². The molecule has 2 aromatic carbocycles. The molecule has 0 aliphatic carbocycles. The van der Waals surface area contributed by atoms with Gasteiger partial charge in [-0.3, -0.25) is 9.36 Å². The molecule has 0 saturated carbocycles. The summed E-state index contributed by atoms with van der Waals surface area (Å²) >= 11 is 1.58. The van der Waals surface area contributed by atoms with Gasteiger partial charge in [0.05, 0.1) is 22.3 Å². The smallest absolute Gasteiger partial charge is 0.408 e. The zero-order valence-corrected chi connectivity index (χ0v) is 14.8. The third-order valence-electron chi connectivity index (χ3n) is 4.13. The van der Waals surface area contributed by atoms with E-state index in [0.29, 0.717) is 31.5 Å². The van der Waals surface area contributed by atoms with Gasteiger partial charge in [0.15, 0.2) is 5.58 Å². The molecule has 0 bridgehead atoms. The Morgan fingerprint density at radius 1 is 1.15 bits per heavy atom. The average Bonchev–Trinajstić information content (AvgIpc) is 3.20. The number of hydrogen-bond donors (Lipinski definition) is 1. The molecule has 0 aliphatic heterocycles. The number of benzene rings is 2. The number of nitrogens with zero attached hydrogens (tertiary/aromatic N) is 2. The molecule has 0 saturated heterocycles. The van der Waals surface area contributed by atoms with Gasteiger partial charge in [-0.05, 0) is 30.7 Å². The molecule has 2 heterocycles. The van der Waals surface area contributed by atoms with E-state index in [1.807, 2.05) is 42.5 Å². The molecule has 2 aromatic heterocycles. The van der Waals surface area contributed by atoms with Crippen LogP contribution < -0.4 is 11.1 Å². The van der Waals surface area contributed by atoms with E-state index in [0.717, 1.165) is 20.7 Å². The number of carbonyl (C=O) groups is 1. The number of hydrogen-bond acceptors (Lipinski definition) is 5. The SMILES string of the molecule is O=C(CCCn1c(=O)oc2ccccc21)NCc1nc2ccccc2s1. The Labute approximate surface area is 153 Å². The summed E-state index contributed by atoms with van der Waals surface area (Å²) in [6.07, 6.45) is 0.909. The predicted octanol–water partition coefficient (Wildman–Crippen LogP) is 3.30. The standard InChI is InChI=1S/C19H17N3O3S/c23-17(20-12-18-21-13-6-1-4-9-16(13)26-18)10-5-11-22-14-7-2-3-8-15(14)25-19(22)24/h1-4,6-9H,5,10-12H2,(H,20,23). The lowest BCUT2D eigenvalue weighted by molar-refractivity contribution is -0.121. The third kappa shape index (κ3) is 3.39. The molecule has 0 atom stereocenters. The van der Waals surface area contributed by atoms with Crippen molar-refractivity contribution in [2.24, 2.45) is 0 Å². The van der Waals surface area contributed by atoms with Crippen molar-refractivity contribution in [2.45, 2.75) is 25.9 Å². The van der Waals surface area contributed by atoms with Crippen LogP contribution in [-0.4, -0.2) is 15.5 Å². The van der Waals surface area contributed by atoms with E-state index in [1.165, 1.54) is 0 Å². The molecule has 0 radical (unpaired) electrons. The molecule has 1 amide bonds. The van der Waals surface area contributed by atoms with Crippen LogP contribution in [0.3, 0.4) is 0 Å². The quantitative estimate of drug-likeness (QED) is 0.567. The average molecular weight is 367 g/mol. The highest BCUT2D eigenvalue weighted by molar-refractivity contribution is 7.18. The molecule has 4 aromatic rings. The van der Waals surface area contributed by atoms with Crippen LogP contribution >= 0.6 is 11.3 Å². The molecule has 132 valence electrons. The maximum absolute atomic E-state index is 12.1. The van der Waals surface area contributed by atoms with Crippen LogP contribution in [-0.2, 0) is 17.9 Å². The number of aromatic nitrogens is 2. The van der Waals surface area contributed by atoms with Gasteiger partial charge in [-0.1, -0.05) is 24.3 Å². The largest absolute Gasteiger partial charge is 0.419 e. The topological polar surface area (TPSA) is 77.1 Å². The maximum atomic E-state index is 12.1. The summed E-state index contributed by atoms with van der Waals surface area (Å²) in [5.41, 5.74) is 2.28. The predicted molar refractivity (Wildman–Crippen MR) is 101 cm³/mol. The Bertz CT molecular complexity index is 1090. The highest BCUT2D eigenvalue weighted by Crippen LogP contribution is 2.21. The summed E-state index contributed by atoms with van der Waals surface area (Å²) < 4.78 is 7.87. The Morgan fingerprint density at radius 3 is 2.85 bits per heavy atom. The van der Waals surface area contributed by atoms with Crippen molar-refractivity contribution in [1.29, 1.82) is 0 Å². The van der Waals surface area contributed by atoms with E-state index < -0.39 is 0 Å². The first kappa shape index (κ1) is 16.5. The van der Waals surface area contributed by atoms with Gasteiger partial charge in [-0.2, -0.15) is 0 Å². The van der Waals surface area contributed by atoms with E-state index in [4.69, 9.17) is 4.42 Å². The van der Waals surface area contributed by atoms with Crippen molar-refractivity contribution in [1.82, 2.24) is 14.9 Å². The van der Waals surface area contributed by atoms with Gasteiger partial charge >= 0.3 is 5.76 Å². The molecule has 1 N–H and O–H groups in total. The molecule has 4 rings (SSSR count). The van der Waals surface area contributed by atoms with Crippen molar-refractivity contribution in [3.63, 3.8) is 0 Å². The first-order chi connectivity index (χ1) is 12.7. The van der Waals surface area contributed by atoms with E-state index in [9.17, 15) is 9.59 Å². The second-order valence-corrected chi connectivity index (χ2v) is 7.06. The van der Waals surface area contributed by atoms with Crippen molar-refractivity contribution >= 4 is 38.6 Å². The Balaban J connectivity index is 1.31. The maximum Gasteiger partial charge on any atom is 0.419 e. The van der Waals surface area contributed by atoms with E-state index in [-0.39, 0.29) is 11.7 Å². The number of para-hydroxylation sites is 3. The fourth-order valence-electron chi connectivity index (χ4n) is 2.88. The van der Waals surface area contributed by atoms with Gasteiger partial charge in [0, 0.05) is 13.0 Å². The number of nitrogens with one attached hydrogen (secondary N) is 1. The number of fused-ring (bicyclic) bond motifs is 2. The van der Waals surface area contributed by atoms with Gasteiger partial charge in [0.1, 0.15) is 5.01 Å². The van der Waals surface area contributed by atoms with Crippen LogP contribution in [0.5, 0.6) is 0 Å². The summed E-state index contributed by atoms with van der Waals surface area (Å²) in [6, 6.07) is 15.2. The first-order valence-electron chi connectivity index (χ1n) is 8.40. The number of rotatable bonds is 6. The van der Waals surface area contributed by atoms with E-state index in [1.54, 1.807) is 22.0 Å².